The Morgan fingerprint density at radius 1 is 1.44 bits per heavy atom. The number of carboxylic acid groups (broad SMARTS) is 1. The number of halogens is 1. The Bertz CT molecular complexity index is 595. The van der Waals surface area contributed by atoms with Gasteiger partial charge in [0.25, 0.3) is 0 Å². The summed E-state index contributed by atoms with van der Waals surface area (Å²) in [6.07, 6.45) is 1.73. The van der Waals surface area contributed by atoms with Gasteiger partial charge in [-0.15, -0.1) is 0 Å². The highest BCUT2D eigenvalue weighted by atomic mass is 127. The molecule has 0 spiro atoms. The first-order chi connectivity index (χ1) is 8.34. The molecule has 2 rings (SSSR count). The second kappa shape index (κ2) is 4.78. The van der Waals surface area contributed by atoms with Crippen molar-refractivity contribution < 1.29 is 18.3 Å². The molecule has 1 aliphatic rings. The lowest BCUT2D eigenvalue weighted by Gasteiger charge is -2.16. The van der Waals surface area contributed by atoms with Crippen molar-refractivity contribution in [2.75, 3.05) is 7.05 Å². The Morgan fingerprint density at radius 2 is 2.06 bits per heavy atom. The molecule has 1 aliphatic carbocycles. The lowest BCUT2D eigenvalue weighted by Crippen LogP contribution is -2.29. The predicted octanol–water partition coefficient (Wildman–Crippen LogP) is 1.77. The molecule has 0 heterocycles. The summed E-state index contributed by atoms with van der Waals surface area (Å²) in [7, 11) is -2.05. The maximum absolute atomic E-state index is 12.2. The van der Waals surface area contributed by atoms with E-state index in [0.717, 1.165) is 12.8 Å². The van der Waals surface area contributed by atoms with Gasteiger partial charge in [0.2, 0.25) is 10.0 Å². The van der Waals surface area contributed by atoms with Crippen molar-refractivity contribution in [2.24, 2.45) is 0 Å². The quantitative estimate of drug-likeness (QED) is 0.807. The van der Waals surface area contributed by atoms with Gasteiger partial charge in [-0.2, -0.15) is 4.31 Å². The molecule has 1 fully saturated rings. The van der Waals surface area contributed by atoms with Crippen LogP contribution in [0.15, 0.2) is 23.1 Å². The molecule has 7 heteroatoms. The van der Waals surface area contributed by atoms with E-state index in [0.29, 0.717) is 3.57 Å². The van der Waals surface area contributed by atoms with Crippen molar-refractivity contribution in [3.63, 3.8) is 0 Å². The van der Waals surface area contributed by atoms with E-state index in [1.807, 2.05) is 22.6 Å². The molecule has 18 heavy (non-hydrogen) atoms. The zero-order valence-corrected chi connectivity index (χ0v) is 12.6. The topological polar surface area (TPSA) is 74.7 Å². The molecule has 0 aliphatic heterocycles. The van der Waals surface area contributed by atoms with Crippen LogP contribution in [0.3, 0.4) is 0 Å². The van der Waals surface area contributed by atoms with E-state index in [4.69, 9.17) is 5.11 Å². The largest absolute Gasteiger partial charge is 0.478 e. The molecule has 0 aromatic heterocycles. The Hall–Kier alpha value is -0.670. The van der Waals surface area contributed by atoms with Gasteiger partial charge in [-0.25, -0.2) is 13.2 Å². The van der Waals surface area contributed by atoms with Crippen molar-refractivity contribution in [2.45, 2.75) is 23.8 Å². The van der Waals surface area contributed by atoms with Gasteiger partial charge in [0, 0.05) is 16.7 Å². The van der Waals surface area contributed by atoms with E-state index in [1.165, 1.54) is 29.6 Å². The highest BCUT2D eigenvalue weighted by Crippen LogP contribution is 2.31. The van der Waals surface area contributed by atoms with Crippen molar-refractivity contribution >= 4 is 38.6 Å². The number of rotatable bonds is 4. The van der Waals surface area contributed by atoms with Gasteiger partial charge in [-0.1, -0.05) is 0 Å². The number of hydrogen-bond donors (Lipinski definition) is 1. The van der Waals surface area contributed by atoms with Crippen LogP contribution < -0.4 is 0 Å². The van der Waals surface area contributed by atoms with Gasteiger partial charge in [-0.05, 0) is 53.6 Å². The van der Waals surface area contributed by atoms with Crippen molar-refractivity contribution in [1.29, 1.82) is 0 Å². The molecule has 1 aromatic carbocycles. The maximum atomic E-state index is 12.2. The summed E-state index contributed by atoms with van der Waals surface area (Å²) in [5, 5.41) is 9.00. The van der Waals surface area contributed by atoms with E-state index in [-0.39, 0.29) is 16.5 Å². The summed E-state index contributed by atoms with van der Waals surface area (Å²) in [6.45, 7) is 0. The second-order valence-electron chi connectivity index (χ2n) is 4.20. The minimum Gasteiger partial charge on any atom is -0.478 e. The molecule has 0 radical (unpaired) electrons. The van der Waals surface area contributed by atoms with Crippen molar-refractivity contribution in [1.82, 2.24) is 4.31 Å². The summed E-state index contributed by atoms with van der Waals surface area (Å²) in [5.41, 5.74) is 0.0147. The molecule has 1 aromatic rings. The number of carbonyl (C=O) groups is 1. The number of sulfonamides is 1. The SMILES string of the molecule is CN(C1CC1)S(=O)(=O)c1ccc(I)c(C(=O)O)c1. The van der Waals surface area contributed by atoms with E-state index in [1.54, 1.807) is 0 Å². The van der Waals surface area contributed by atoms with Gasteiger partial charge < -0.3 is 5.11 Å². The summed E-state index contributed by atoms with van der Waals surface area (Å²) in [5.74, 6) is -1.12. The Morgan fingerprint density at radius 3 is 2.56 bits per heavy atom. The lowest BCUT2D eigenvalue weighted by atomic mass is 10.2. The van der Waals surface area contributed by atoms with E-state index in [2.05, 4.69) is 0 Å². The van der Waals surface area contributed by atoms with Crippen LogP contribution in [0.5, 0.6) is 0 Å². The van der Waals surface area contributed by atoms with Crippen LogP contribution in [0.2, 0.25) is 0 Å². The first-order valence-electron chi connectivity index (χ1n) is 5.35. The molecular weight excluding hydrogens is 369 g/mol. The van der Waals surface area contributed by atoms with E-state index >= 15 is 0 Å². The van der Waals surface area contributed by atoms with Crippen LogP contribution in [0.25, 0.3) is 0 Å². The third-order valence-corrected chi connectivity index (χ3v) is 5.75. The van der Waals surface area contributed by atoms with Gasteiger partial charge >= 0.3 is 5.97 Å². The number of hydrogen-bond acceptors (Lipinski definition) is 3. The van der Waals surface area contributed by atoms with Gasteiger partial charge in [-0.3, -0.25) is 0 Å². The second-order valence-corrected chi connectivity index (χ2v) is 7.36. The van der Waals surface area contributed by atoms with Crippen LogP contribution in [-0.2, 0) is 10.0 Å². The number of nitrogens with zero attached hydrogens (tertiary/aromatic N) is 1. The van der Waals surface area contributed by atoms with Crippen LogP contribution in [0.4, 0.5) is 0 Å². The number of carboxylic acids is 1. The van der Waals surface area contributed by atoms with Crippen LogP contribution >= 0.6 is 22.6 Å². The molecule has 1 N–H and O–H groups in total. The molecular formula is C11H12INO4S. The van der Waals surface area contributed by atoms with Crippen LogP contribution in [0, 0.1) is 3.57 Å². The van der Waals surface area contributed by atoms with Crippen molar-refractivity contribution in [3.8, 4) is 0 Å². The first kappa shape index (κ1) is 13.8. The van der Waals surface area contributed by atoms with Gasteiger partial charge in [0.05, 0.1) is 10.5 Å². The van der Waals surface area contributed by atoms with Gasteiger partial charge in [0.15, 0.2) is 0 Å². The van der Waals surface area contributed by atoms with E-state index in [9.17, 15) is 13.2 Å². The standard InChI is InChI=1S/C11H12INO4S/c1-13(7-2-3-7)18(16,17)8-4-5-10(12)9(6-8)11(14)15/h4-7H,2-3H2,1H3,(H,14,15). The zero-order chi connectivity index (χ0) is 13.5. The van der Waals surface area contributed by atoms with Crippen molar-refractivity contribution in [3.05, 3.63) is 27.3 Å². The Labute approximate surface area is 119 Å². The molecule has 0 amide bonds. The average Bonchev–Trinajstić information content (AvgIpc) is 3.11. The molecule has 0 atom stereocenters. The zero-order valence-electron chi connectivity index (χ0n) is 9.63. The highest BCUT2D eigenvalue weighted by molar-refractivity contribution is 14.1. The summed E-state index contributed by atoms with van der Waals surface area (Å²) in [6, 6.07) is 4.24. The lowest BCUT2D eigenvalue weighted by molar-refractivity contribution is 0.0695. The third-order valence-electron chi connectivity index (χ3n) is 2.91. The molecule has 1 saturated carbocycles. The summed E-state index contributed by atoms with van der Waals surface area (Å²) in [4.78, 5) is 11.0. The molecule has 5 nitrogen and oxygen atoms in total. The predicted molar refractivity (Wildman–Crippen MR) is 74.1 cm³/mol. The normalized spacial score (nSPS) is 15.9. The van der Waals surface area contributed by atoms with Crippen LogP contribution in [-0.4, -0.2) is 36.9 Å². The van der Waals surface area contributed by atoms with E-state index < -0.39 is 16.0 Å². The van der Waals surface area contributed by atoms with Gasteiger partial charge in [0.1, 0.15) is 0 Å². The average molecular weight is 381 g/mol. The fourth-order valence-electron chi connectivity index (χ4n) is 1.63. The highest BCUT2D eigenvalue weighted by Gasteiger charge is 2.35. The molecule has 98 valence electrons. The Balaban J connectivity index is 2.44. The number of benzene rings is 1. The smallest absolute Gasteiger partial charge is 0.336 e. The fourth-order valence-corrected chi connectivity index (χ4v) is 3.64. The Kier molecular flexibility index (Phi) is 3.65. The fraction of sp³-hybridized carbons (Fsp3) is 0.364. The molecule has 0 unspecified atom stereocenters. The summed E-state index contributed by atoms with van der Waals surface area (Å²) >= 11 is 1.87. The number of aromatic carboxylic acids is 1. The summed E-state index contributed by atoms with van der Waals surface area (Å²) < 4.78 is 26.3. The first-order valence-corrected chi connectivity index (χ1v) is 7.87. The third kappa shape index (κ3) is 2.52. The minimum atomic E-state index is -3.58. The maximum Gasteiger partial charge on any atom is 0.336 e. The van der Waals surface area contributed by atoms with Crippen LogP contribution in [0.1, 0.15) is 23.2 Å². The molecule has 0 bridgehead atoms. The minimum absolute atomic E-state index is 0.0147. The molecule has 0 saturated heterocycles. The monoisotopic (exact) mass is 381 g/mol.